The highest BCUT2D eigenvalue weighted by Gasteiger charge is 2.15. The fourth-order valence-corrected chi connectivity index (χ4v) is 0.264. The van der Waals surface area contributed by atoms with E-state index in [1.54, 1.807) is 0 Å². The van der Waals surface area contributed by atoms with Gasteiger partial charge in [-0.05, 0) is 27.7 Å². The smallest absolute Gasteiger partial charge is 0.342 e. The first-order chi connectivity index (χ1) is 9.86. The molecule has 3 N–H and O–H groups in total. The minimum absolute atomic E-state index is 0. The fourth-order valence-electron chi connectivity index (χ4n) is 0.264. The number of carbonyl (C=O) groups is 4. The molecule has 2 unspecified atom stereocenters. The quantitative estimate of drug-likeness (QED) is 0.289. The van der Waals surface area contributed by atoms with Crippen molar-refractivity contribution in [1.29, 1.82) is 0 Å². The number of hydrogen-bond donors (Lipinski definition) is 3. The molecule has 0 saturated heterocycles. The number of aliphatic carboxylic acids is 1. The number of rotatable bonds is 4. The molecule has 0 fully saturated rings. The van der Waals surface area contributed by atoms with E-state index in [-0.39, 0.29) is 15.9 Å². The Bertz CT molecular complexity index is 414. The minimum atomic E-state index is -1.28. The first-order valence-corrected chi connectivity index (χ1v) is 5.98. The SMILES string of the molecule is C=C(C)C(=O)O.C=C(C)C(=O)OC(=O)C(C)O.CC(O)C=O.F. The molecule has 0 aliphatic rings. The highest BCUT2D eigenvalue weighted by molar-refractivity contribution is 5.96. The van der Waals surface area contributed by atoms with Crippen LogP contribution >= 0.6 is 0 Å². The number of aldehydes is 1. The van der Waals surface area contributed by atoms with E-state index in [9.17, 15) is 19.2 Å². The molecule has 0 aliphatic carbocycles. The van der Waals surface area contributed by atoms with Gasteiger partial charge in [-0.15, -0.1) is 0 Å². The van der Waals surface area contributed by atoms with Crippen LogP contribution in [0.15, 0.2) is 24.3 Å². The summed E-state index contributed by atoms with van der Waals surface area (Å²) >= 11 is 0. The summed E-state index contributed by atoms with van der Waals surface area (Å²) in [4.78, 5) is 40.0. The van der Waals surface area contributed by atoms with Crippen molar-refractivity contribution >= 4 is 24.2 Å². The fraction of sp³-hybridized carbons (Fsp3) is 0.429. The van der Waals surface area contributed by atoms with Crippen LogP contribution in [0.3, 0.4) is 0 Å². The van der Waals surface area contributed by atoms with Gasteiger partial charge in [0.1, 0.15) is 18.5 Å². The van der Waals surface area contributed by atoms with Gasteiger partial charge < -0.3 is 24.9 Å². The maximum Gasteiger partial charge on any atom is 0.342 e. The molecule has 134 valence electrons. The zero-order valence-corrected chi connectivity index (χ0v) is 13.4. The van der Waals surface area contributed by atoms with Crippen LogP contribution in [0.1, 0.15) is 27.7 Å². The summed E-state index contributed by atoms with van der Waals surface area (Å²) in [7, 11) is 0. The lowest BCUT2D eigenvalue weighted by Crippen LogP contribution is -2.23. The van der Waals surface area contributed by atoms with Crippen LogP contribution in [-0.2, 0) is 23.9 Å². The summed E-state index contributed by atoms with van der Waals surface area (Å²) in [6.45, 7) is 11.9. The Morgan fingerprint density at radius 2 is 1.35 bits per heavy atom. The van der Waals surface area contributed by atoms with E-state index < -0.39 is 30.1 Å². The first-order valence-electron chi connectivity index (χ1n) is 5.98. The van der Waals surface area contributed by atoms with Gasteiger partial charge in [-0.1, -0.05) is 13.2 Å². The molecule has 0 aromatic heterocycles. The van der Waals surface area contributed by atoms with Gasteiger partial charge in [0.2, 0.25) is 0 Å². The minimum Gasteiger partial charge on any atom is -0.478 e. The van der Waals surface area contributed by atoms with Gasteiger partial charge in [-0.2, -0.15) is 0 Å². The van der Waals surface area contributed by atoms with E-state index in [0.29, 0.717) is 6.29 Å². The van der Waals surface area contributed by atoms with Crippen LogP contribution in [-0.4, -0.2) is 51.7 Å². The average molecular weight is 338 g/mol. The van der Waals surface area contributed by atoms with Gasteiger partial charge in [0.25, 0.3) is 0 Å². The monoisotopic (exact) mass is 338 g/mol. The van der Waals surface area contributed by atoms with E-state index >= 15 is 0 Å². The van der Waals surface area contributed by atoms with E-state index in [1.165, 1.54) is 27.7 Å². The highest BCUT2D eigenvalue weighted by Crippen LogP contribution is 1.94. The lowest BCUT2D eigenvalue weighted by molar-refractivity contribution is -0.162. The van der Waals surface area contributed by atoms with Crippen molar-refractivity contribution in [3.05, 3.63) is 24.3 Å². The molecule has 2 atom stereocenters. The van der Waals surface area contributed by atoms with Crippen molar-refractivity contribution in [3.63, 3.8) is 0 Å². The number of esters is 2. The maximum absolute atomic E-state index is 10.6. The number of hydrogen-bond acceptors (Lipinski definition) is 7. The number of aliphatic hydroxyl groups excluding tert-OH is 2. The molecule has 8 nitrogen and oxygen atoms in total. The number of ether oxygens (including phenoxy) is 1. The van der Waals surface area contributed by atoms with Crippen LogP contribution in [0, 0.1) is 0 Å². The Balaban J connectivity index is -0.000000128. The van der Waals surface area contributed by atoms with Crippen molar-refractivity contribution < 1.29 is 43.9 Å². The lowest BCUT2D eigenvalue weighted by Gasteiger charge is -2.02. The van der Waals surface area contributed by atoms with Crippen molar-refractivity contribution in [2.45, 2.75) is 39.9 Å². The van der Waals surface area contributed by atoms with E-state index in [0.717, 1.165) is 0 Å². The Hall–Kier alpha value is -2.39. The molecule has 0 rings (SSSR count). The molecular weight excluding hydrogens is 315 g/mol. The topological polar surface area (TPSA) is 138 Å². The van der Waals surface area contributed by atoms with Crippen molar-refractivity contribution in [3.8, 4) is 0 Å². The van der Waals surface area contributed by atoms with Crippen molar-refractivity contribution in [2.24, 2.45) is 0 Å². The molecule has 23 heavy (non-hydrogen) atoms. The third-order valence-electron chi connectivity index (χ3n) is 1.44. The lowest BCUT2D eigenvalue weighted by atomic mass is 10.3. The third kappa shape index (κ3) is 25.0. The number of carboxylic acid groups (broad SMARTS) is 1. The molecule has 0 bridgehead atoms. The summed E-state index contributed by atoms with van der Waals surface area (Å²) in [6, 6.07) is 0. The zero-order valence-electron chi connectivity index (χ0n) is 13.4. The van der Waals surface area contributed by atoms with E-state index in [1.807, 2.05) is 0 Å². The average Bonchev–Trinajstić information content (AvgIpc) is 2.39. The van der Waals surface area contributed by atoms with Crippen molar-refractivity contribution in [1.82, 2.24) is 0 Å². The Morgan fingerprint density at radius 1 is 1.04 bits per heavy atom. The molecule has 0 spiro atoms. The van der Waals surface area contributed by atoms with E-state index in [2.05, 4.69) is 17.9 Å². The molecule has 0 radical (unpaired) electrons. The predicted octanol–water partition coefficient (Wildman–Crippen LogP) is 0.379. The molecule has 0 amide bonds. The Kier molecular flexibility index (Phi) is 20.0. The molecule has 0 aromatic rings. The summed E-state index contributed by atoms with van der Waals surface area (Å²) in [5.74, 6) is -2.70. The summed E-state index contributed by atoms with van der Waals surface area (Å²) in [5.41, 5.74) is 0.300. The van der Waals surface area contributed by atoms with Gasteiger partial charge in [0.05, 0.1) is 0 Å². The second-order valence-corrected chi connectivity index (χ2v) is 4.13. The van der Waals surface area contributed by atoms with Crippen LogP contribution in [0.2, 0.25) is 0 Å². The van der Waals surface area contributed by atoms with Gasteiger partial charge in [-0.3, -0.25) is 4.70 Å². The Morgan fingerprint density at radius 3 is 1.48 bits per heavy atom. The number of halogens is 1. The van der Waals surface area contributed by atoms with Gasteiger partial charge in [0, 0.05) is 11.1 Å². The molecule has 0 aliphatic heterocycles. The maximum atomic E-state index is 10.6. The van der Waals surface area contributed by atoms with Crippen LogP contribution in [0.25, 0.3) is 0 Å². The third-order valence-corrected chi connectivity index (χ3v) is 1.44. The summed E-state index contributed by atoms with van der Waals surface area (Å²) in [5, 5.41) is 24.5. The molecule has 0 saturated carbocycles. The standard InChI is InChI=1S/C7H10O4.C4H6O2.C3H6O2.FH/c1-4(2)6(9)11-7(10)5(3)8;1-3(2)4(5)6;1-3(5)2-4;/h5,8H,1H2,2-3H3;1H2,2H3,(H,5,6);2-3,5H,1H3;1H. The molecular formula is C14H23FO8. The second-order valence-electron chi connectivity index (χ2n) is 4.13. The summed E-state index contributed by atoms with van der Waals surface area (Å²) in [6.07, 6.45) is -1.60. The van der Waals surface area contributed by atoms with Crippen LogP contribution in [0.5, 0.6) is 0 Å². The number of carboxylic acids is 1. The van der Waals surface area contributed by atoms with Gasteiger partial charge >= 0.3 is 17.9 Å². The van der Waals surface area contributed by atoms with E-state index in [4.69, 9.17) is 15.3 Å². The molecule has 9 heteroatoms. The molecule has 0 heterocycles. The highest BCUT2D eigenvalue weighted by atomic mass is 19.0. The number of aliphatic hydroxyl groups is 2. The zero-order chi connectivity index (χ0) is 18.5. The van der Waals surface area contributed by atoms with Crippen molar-refractivity contribution in [2.75, 3.05) is 0 Å². The normalized spacial score (nSPS) is 10.7. The Labute approximate surface area is 133 Å². The second kappa shape index (κ2) is 16.0. The van der Waals surface area contributed by atoms with Gasteiger partial charge in [0.15, 0.2) is 0 Å². The van der Waals surface area contributed by atoms with Crippen LogP contribution in [0.4, 0.5) is 4.70 Å². The number of carbonyl (C=O) groups excluding carboxylic acids is 3. The summed E-state index contributed by atoms with van der Waals surface area (Å²) < 4.78 is 4.15. The first kappa shape index (κ1) is 28.7. The van der Waals surface area contributed by atoms with Gasteiger partial charge in [-0.25, -0.2) is 14.4 Å². The predicted molar refractivity (Wildman–Crippen MR) is 80.3 cm³/mol. The molecule has 0 aromatic carbocycles. The largest absolute Gasteiger partial charge is 0.478 e. The van der Waals surface area contributed by atoms with Crippen LogP contribution < -0.4 is 0 Å².